The molecule has 0 saturated heterocycles. The first-order chi connectivity index (χ1) is 41.4. The molecule has 0 spiro atoms. The first-order valence-electron chi connectivity index (χ1n) is 29.3. The van der Waals surface area contributed by atoms with Crippen LogP contribution in [-0.4, -0.2) is 4.57 Å². The van der Waals surface area contributed by atoms with Crippen LogP contribution in [0.1, 0.15) is 27.7 Å². The van der Waals surface area contributed by atoms with Crippen LogP contribution in [-0.2, 0) is 5.41 Å². The molecule has 0 unspecified atom stereocenters. The van der Waals surface area contributed by atoms with Gasteiger partial charge in [0.05, 0.1) is 27.6 Å². The zero-order valence-corrected chi connectivity index (χ0v) is 43.6. The highest BCUT2D eigenvalue weighted by molar-refractivity contribution is 6.12. The van der Waals surface area contributed by atoms with E-state index in [0.717, 1.165) is 72.1 Å². The van der Waals surface area contributed by atoms with Gasteiger partial charge in [0.1, 0.15) is 0 Å². The van der Waals surface area contributed by atoms with E-state index in [4.69, 9.17) is 0 Å². The van der Waals surface area contributed by atoms with Crippen molar-refractivity contribution in [2.24, 2.45) is 0 Å². The summed E-state index contributed by atoms with van der Waals surface area (Å²) >= 11 is 0. The maximum absolute atomic E-state index is 9.94. The number of nitrogens with zero attached hydrogens (tertiary/aromatic N) is 3. The molecular weight excluding hydrogens is 967 g/mol. The van der Waals surface area contributed by atoms with E-state index in [2.05, 4.69) is 216 Å². The Bertz CT molecular complexity index is 4750. The van der Waals surface area contributed by atoms with E-state index in [-0.39, 0.29) is 35.4 Å². The molecule has 3 heteroatoms. The third-order valence-corrected chi connectivity index (χ3v) is 16.1. The predicted octanol–water partition coefficient (Wildman–Crippen LogP) is 20.6. The highest BCUT2D eigenvalue weighted by Crippen LogP contribution is 2.58. The molecule has 14 aromatic rings. The lowest BCUT2D eigenvalue weighted by molar-refractivity contribution is 0.768. The van der Waals surface area contributed by atoms with Crippen LogP contribution in [0.25, 0.3) is 71.6 Å². The van der Waals surface area contributed by atoms with Gasteiger partial charge in [-0.05, 0) is 152 Å². The molecular formula is C77H53N3. The molecule has 0 bridgehead atoms. The molecule has 0 fully saturated rings. The van der Waals surface area contributed by atoms with Crippen LogP contribution in [0.15, 0.2) is 321 Å². The van der Waals surface area contributed by atoms with E-state index in [1.165, 1.54) is 33.4 Å². The lowest BCUT2D eigenvalue weighted by Crippen LogP contribution is -2.28. The van der Waals surface area contributed by atoms with E-state index >= 15 is 0 Å². The Labute approximate surface area is 472 Å². The van der Waals surface area contributed by atoms with Gasteiger partial charge in [-0.2, -0.15) is 0 Å². The number of fused-ring (bicyclic) bond motifs is 7. The normalized spacial score (nSPS) is 13.1. The SMILES string of the molecule is [2H]c1c([2H])c(N(c2ccccc2)c2ccc(-c3ccccc3)cc2)c([2H])c([2H])c1-c1cccc2c(N(c3ccc4c(c3)C(c3ccccc3)(c3ccccc3)c3ccccc3-4)c3ccc4c(c3)c3ccccc3n4-c3ccccc3)cccc12. The molecule has 1 aliphatic carbocycles. The molecule has 1 aliphatic rings. The molecule has 0 radical (unpaired) electrons. The Hall–Kier alpha value is -10.5. The third kappa shape index (κ3) is 7.66. The van der Waals surface area contributed by atoms with Gasteiger partial charge in [-0.1, -0.05) is 230 Å². The first kappa shape index (κ1) is 42.6. The second-order valence-corrected chi connectivity index (χ2v) is 20.5. The number of rotatable bonds is 11. The predicted molar refractivity (Wildman–Crippen MR) is 336 cm³/mol. The highest BCUT2D eigenvalue weighted by Gasteiger charge is 2.46. The second kappa shape index (κ2) is 19.5. The van der Waals surface area contributed by atoms with E-state index in [1.807, 2.05) is 95.9 Å². The minimum Gasteiger partial charge on any atom is -0.311 e. The van der Waals surface area contributed by atoms with Crippen molar-refractivity contribution >= 4 is 66.7 Å². The van der Waals surface area contributed by atoms with E-state index in [9.17, 15) is 5.48 Å². The Balaban J connectivity index is 0.948. The number of aromatic nitrogens is 1. The summed E-state index contributed by atoms with van der Waals surface area (Å²) in [6.45, 7) is 0. The molecule has 15 rings (SSSR count). The molecule has 0 saturated carbocycles. The summed E-state index contributed by atoms with van der Waals surface area (Å²) in [5.41, 5.74) is 17.1. The molecule has 13 aromatic carbocycles. The largest absolute Gasteiger partial charge is 0.311 e. The van der Waals surface area contributed by atoms with Gasteiger partial charge in [-0.25, -0.2) is 0 Å². The fraction of sp³-hybridized carbons (Fsp3) is 0.0130. The first-order valence-corrected chi connectivity index (χ1v) is 27.3. The molecule has 1 aromatic heterocycles. The smallest absolute Gasteiger partial charge is 0.0714 e. The maximum atomic E-state index is 9.94. The summed E-state index contributed by atoms with van der Waals surface area (Å²) in [7, 11) is 0. The zero-order chi connectivity index (χ0) is 56.5. The minimum atomic E-state index is -0.653. The maximum Gasteiger partial charge on any atom is 0.0714 e. The van der Waals surface area contributed by atoms with E-state index in [1.54, 1.807) is 0 Å². The Morgan fingerprint density at radius 3 is 1.54 bits per heavy atom. The van der Waals surface area contributed by atoms with Crippen molar-refractivity contribution in [3.8, 4) is 39.1 Å². The van der Waals surface area contributed by atoms with Crippen LogP contribution in [0.4, 0.5) is 34.1 Å². The molecule has 1 heterocycles. The Kier molecular flexibility index (Phi) is 10.4. The van der Waals surface area contributed by atoms with Crippen LogP contribution in [0, 0.1) is 0 Å². The summed E-state index contributed by atoms with van der Waals surface area (Å²) in [5, 5.41) is 3.92. The van der Waals surface area contributed by atoms with Crippen molar-refractivity contribution in [3.05, 3.63) is 344 Å². The molecule has 0 amide bonds. The molecule has 80 heavy (non-hydrogen) atoms. The fourth-order valence-corrected chi connectivity index (χ4v) is 12.6. The fourth-order valence-electron chi connectivity index (χ4n) is 12.6. The van der Waals surface area contributed by atoms with Crippen molar-refractivity contribution in [3.63, 3.8) is 0 Å². The van der Waals surface area contributed by atoms with Crippen LogP contribution in [0.2, 0.25) is 0 Å². The van der Waals surface area contributed by atoms with Crippen LogP contribution < -0.4 is 9.80 Å². The number of hydrogen-bond acceptors (Lipinski definition) is 2. The van der Waals surface area contributed by atoms with Crippen molar-refractivity contribution in [1.29, 1.82) is 0 Å². The van der Waals surface area contributed by atoms with E-state index < -0.39 is 5.41 Å². The number of hydrogen-bond donors (Lipinski definition) is 0. The highest BCUT2D eigenvalue weighted by atomic mass is 15.1. The second-order valence-electron chi connectivity index (χ2n) is 20.5. The Morgan fingerprint density at radius 1 is 0.287 bits per heavy atom. The standard InChI is InChI=1S/C77H53N3/c1-6-22-54(23-7-1)55-40-44-61(45-41-55)78(59-28-12-4-13-29-59)62-46-42-56(43-47-62)65-34-20-36-69-66(65)35-21-39-74(69)79(63-49-51-76-71(52-63)70-33-17-19-38-75(70)80(76)60-30-14-5-15-31-60)64-48-50-68-67-32-16-18-37-72(67)77(73(68)53-64,57-24-8-2-9-25-57)58-26-10-3-11-27-58/h1-53H/i42D,43D,46D,47D. The zero-order valence-electron chi connectivity index (χ0n) is 47.6. The average Bonchev–Trinajstić information content (AvgIpc) is 2.77. The molecule has 3 nitrogen and oxygen atoms in total. The third-order valence-electron chi connectivity index (χ3n) is 16.1. The van der Waals surface area contributed by atoms with Crippen molar-refractivity contribution in [2.45, 2.75) is 5.41 Å². The lowest BCUT2D eigenvalue weighted by Gasteiger charge is -2.35. The van der Waals surface area contributed by atoms with Gasteiger partial charge in [0.15, 0.2) is 0 Å². The molecule has 376 valence electrons. The summed E-state index contributed by atoms with van der Waals surface area (Å²) in [6, 6.07) is 103. The lowest BCUT2D eigenvalue weighted by atomic mass is 9.67. The van der Waals surface area contributed by atoms with Gasteiger partial charge in [-0.15, -0.1) is 0 Å². The van der Waals surface area contributed by atoms with Crippen LogP contribution >= 0.6 is 0 Å². The summed E-state index contributed by atoms with van der Waals surface area (Å²) in [4.78, 5) is 4.20. The van der Waals surface area contributed by atoms with Gasteiger partial charge >= 0.3 is 0 Å². The van der Waals surface area contributed by atoms with Gasteiger partial charge < -0.3 is 14.4 Å². The van der Waals surface area contributed by atoms with Crippen molar-refractivity contribution in [1.82, 2.24) is 4.57 Å². The minimum absolute atomic E-state index is 0.126. The van der Waals surface area contributed by atoms with Crippen molar-refractivity contribution in [2.75, 3.05) is 9.80 Å². The Morgan fingerprint density at radius 2 is 0.800 bits per heavy atom. The van der Waals surface area contributed by atoms with Crippen LogP contribution in [0.5, 0.6) is 0 Å². The van der Waals surface area contributed by atoms with Gasteiger partial charge in [0.25, 0.3) is 0 Å². The summed E-state index contributed by atoms with van der Waals surface area (Å²) in [6.07, 6.45) is 0. The number of benzene rings is 13. The molecule has 0 N–H and O–H groups in total. The van der Waals surface area contributed by atoms with Gasteiger partial charge in [0, 0.05) is 50.3 Å². The van der Waals surface area contributed by atoms with E-state index in [0.29, 0.717) is 11.3 Å². The molecule has 0 atom stereocenters. The van der Waals surface area contributed by atoms with Crippen LogP contribution in [0.3, 0.4) is 0 Å². The summed E-state index contributed by atoms with van der Waals surface area (Å²) < 4.78 is 42.0. The summed E-state index contributed by atoms with van der Waals surface area (Å²) in [5.74, 6) is 0. The van der Waals surface area contributed by atoms with Gasteiger partial charge in [-0.3, -0.25) is 0 Å². The number of anilines is 6. The topological polar surface area (TPSA) is 11.4 Å². The quantitative estimate of drug-likeness (QED) is 0.128. The monoisotopic (exact) mass is 1020 g/mol. The van der Waals surface area contributed by atoms with Crippen molar-refractivity contribution < 1.29 is 5.48 Å². The number of para-hydroxylation sites is 3. The van der Waals surface area contributed by atoms with Gasteiger partial charge in [0.2, 0.25) is 0 Å². The molecule has 0 aliphatic heterocycles. The average molecular weight is 1020 g/mol.